The number of amides is 1. The minimum Gasteiger partial charge on any atom is -0.507 e. The number of hydrogen-bond donors (Lipinski definition) is 1. The maximum atomic E-state index is 12.8. The molecule has 1 aromatic heterocycles. The first-order chi connectivity index (χ1) is 14.0. The number of rotatable bonds is 5. The summed E-state index contributed by atoms with van der Waals surface area (Å²) >= 11 is 0. The quantitative estimate of drug-likeness (QED) is 0.270. The van der Waals surface area contributed by atoms with Gasteiger partial charge in [-0.1, -0.05) is 12.1 Å². The number of nitro benzene ring substituents is 1. The third kappa shape index (κ3) is 3.40. The number of Topliss-reactive ketones (excluding diaryl/α,β-unsaturated/α-hetero) is 1. The third-order valence-electron chi connectivity index (χ3n) is 5.11. The number of non-ortho nitro benzene ring substituents is 1. The van der Waals surface area contributed by atoms with Gasteiger partial charge in [-0.05, 0) is 25.0 Å². The molecule has 9 heteroatoms. The van der Waals surface area contributed by atoms with E-state index in [1.165, 1.54) is 29.4 Å². The van der Waals surface area contributed by atoms with Crippen molar-refractivity contribution in [2.24, 2.45) is 0 Å². The molecule has 0 spiro atoms. The zero-order valence-electron chi connectivity index (χ0n) is 15.3. The van der Waals surface area contributed by atoms with E-state index in [0.29, 0.717) is 12.4 Å². The molecule has 0 aliphatic carbocycles. The molecule has 9 nitrogen and oxygen atoms in total. The molecular formula is C20H18N2O7. The molecule has 1 aromatic carbocycles. The molecule has 2 saturated heterocycles. The van der Waals surface area contributed by atoms with Crippen LogP contribution < -0.4 is 0 Å². The Hall–Kier alpha value is -3.46. The van der Waals surface area contributed by atoms with Crippen LogP contribution >= 0.6 is 0 Å². The van der Waals surface area contributed by atoms with E-state index in [-0.39, 0.29) is 29.5 Å². The molecule has 29 heavy (non-hydrogen) atoms. The Morgan fingerprint density at radius 3 is 2.76 bits per heavy atom. The first-order valence-electron chi connectivity index (χ1n) is 9.15. The van der Waals surface area contributed by atoms with Crippen LogP contribution in [0.2, 0.25) is 0 Å². The van der Waals surface area contributed by atoms with Crippen LogP contribution in [0.4, 0.5) is 5.69 Å². The number of carbonyl (C=O) groups excluding carboxylic acids is 2. The van der Waals surface area contributed by atoms with E-state index in [9.17, 15) is 24.8 Å². The van der Waals surface area contributed by atoms with Crippen LogP contribution in [0, 0.1) is 10.1 Å². The molecule has 3 heterocycles. The summed E-state index contributed by atoms with van der Waals surface area (Å²) in [5.41, 5.74) is -0.327. The van der Waals surface area contributed by atoms with Crippen molar-refractivity contribution in [2.75, 3.05) is 13.2 Å². The first-order valence-corrected chi connectivity index (χ1v) is 9.15. The fraction of sp³-hybridized carbons (Fsp3) is 0.300. The lowest BCUT2D eigenvalue weighted by molar-refractivity contribution is -0.384. The van der Waals surface area contributed by atoms with Crippen LogP contribution in [0.15, 0.2) is 52.7 Å². The number of aliphatic hydroxyl groups excluding tert-OH is 1. The van der Waals surface area contributed by atoms with E-state index in [1.54, 1.807) is 12.1 Å². The average molecular weight is 398 g/mol. The molecule has 2 fully saturated rings. The van der Waals surface area contributed by atoms with Gasteiger partial charge in [0.25, 0.3) is 17.4 Å². The minimum atomic E-state index is -0.937. The van der Waals surface area contributed by atoms with Crippen LogP contribution in [0.25, 0.3) is 5.76 Å². The van der Waals surface area contributed by atoms with Crippen LogP contribution in [-0.4, -0.2) is 45.9 Å². The molecule has 0 bridgehead atoms. The zero-order valence-corrected chi connectivity index (χ0v) is 15.3. The monoisotopic (exact) mass is 398 g/mol. The van der Waals surface area contributed by atoms with Gasteiger partial charge in [0.15, 0.2) is 0 Å². The van der Waals surface area contributed by atoms with Crippen molar-refractivity contribution < 1.29 is 28.8 Å². The predicted octanol–water partition coefficient (Wildman–Crippen LogP) is 2.79. The van der Waals surface area contributed by atoms with Gasteiger partial charge in [-0.15, -0.1) is 0 Å². The van der Waals surface area contributed by atoms with Crippen LogP contribution in [0.3, 0.4) is 0 Å². The largest absolute Gasteiger partial charge is 0.507 e. The summed E-state index contributed by atoms with van der Waals surface area (Å²) in [6.07, 6.45) is 2.84. The predicted molar refractivity (Wildman–Crippen MR) is 99.8 cm³/mol. The SMILES string of the molecule is O=C1C(=O)N(CC2CCCO2)C(c2ccco2)/C1=C(/O)c1cccc([N+](=O)[O-])c1. The van der Waals surface area contributed by atoms with Gasteiger partial charge in [-0.3, -0.25) is 19.7 Å². The van der Waals surface area contributed by atoms with Crippen molar-refractivity contribution in [3.8, 4) is 0 Å². The Balaban J connectivity index is 1.80. The van der Waals surface area contributed by atoms with Gasteiger partial charge < -0.3 is 19.2 Å². The van der Waals surface area contributed by atoms with Gasteiger partial charge in [0, 0.05) is 30.8 Å². The number of hydrogen-bond acceptors (Lipinski definition) is 7. The summed E-state index contributed by atoms with van der Waals surface area (Å²) in [6, 6.07) is 7.56. The molecule has 4 rings (SSSR count). The van der Waals surface area contributed by atoms with E-state index in [0.717, 1.165) is 18.9 Å². The normalized spacial score (nSPS) is 23.7. The first kappa shape index (κ1) is 18.9. The number of aliphatic hydroxyl groups is 1. The Bertz CT molecular complexity index is 990. The van der Waals surface area contributed by atoms with Gasteiger partial charge in [0.05, 0.1) is 22.9 Å². The van der Waals surface area contributed by atoms with Crippen LogP contribution in [-0.2, 0) is 14.3 Å². The van der Waals surface area contributed by atoms with Gasteiger partial charge in [-0.25, -0.2) is 0 Å². The minimum absolute atomic E-state index is 0.0749. The Labute approximate surface area is 165 Å². The van der Waals surface area contributed by atoms with Crippen molar-refractivity contribution in [3.63, 3.8) is 0 Å². The van der Waals surface area contributed by atoms with E-state index < -0.39 is 28.4 Å². The fourth-order valence-corrected chi connectivity index (χ4v) is 3.74. The average Bonchev–Trinajstić information content (AvgIpc) is 3.46. The second-order valence-electron chi connectivity index (χ2n) is 6.91. The van der Waals surface area contributed by atoms with Crippen molar-refractivity contribution in [2.45, 2.75) is 25.0 Å². The molecule has 2 aromatic rings. The van der Waals surface area contributed by atoms with Crippen molar-refractivity contribution >= 4 is 23.1 Å². The number of ether oxygens (including phenoxy) is 1. The summed E-state index contributed by atoms with van der Waals surface area (Å²) in [6.45, 7) is 0.773. The highest BCUT2D eigenvalue weighted by Crippen LogP contribution is 2.40. The second-order valence-corrected chi connectivity index (χ2v) is 6.91. The maximum Gasteiger partial charge on any atom is 0.295 e. The van der Waals surface area contributed by atoms with E-state index >= 15 is 0 Å². The molecule has 2 atom stereocenters. The molecule has 2 unspecified atom stereocenters. The molecule has 1 amide bonds. The smallest absolute Gasteiger partial charge is 0.295 e. The highest BCUT2D eigenvalue weighted by molar-refractivity contribution is 6.46. The lowest BCUT2D eigenvalue weighted by Crippen LogP contribution is -2.36. The van der Waals surface area contributed by atoms with E-state index in [4.69, 9.17) is 9.15 Å². The van der Waals surface area contributed by atoms with Crippen molar-refractivity contribution in [1.29, 1.82) is 0 Å². The number of ketones is 1. The summed E-state index contributed by atoms with van der Waals surface area (Å²) in [4.78, 5) is 37.3. The van der Waals surface area contributed by atoms with Gasteiger partial charge in [0.2, 0.25) is 0 Å². The van der Waals surface area contributed by atoms with E-state index in [1.807, 2.05) is 0 Å². The summed E-state index contributed by atoms with van der Waals surface area (Å²) in [5, 5.41) is 21.9. The number of nitro groups is 1. The molecule has 0 saturated carbocycles. The maximum absolute atomic E-state index is 12.8. The highest BCUT2D eigenvalue weighted by atomic mass is 16.6. The molecule has 0 radical (unpaired) electrons. The number of nitrogens with zero attached hydrogens (tertiary/aromatic N) is 2. The summed E-state index contributed by atoms with van der Waals surface area (Å²) in [7, 11) is 0. The molecule has 1 N–H and O–H groups in total. The van der Waals surface area contributed by atoms with Crippen molar-refractivity contribution in [1.82, 2.24) is 4.90 Å². The van der Waals surface area contributed by atoms with E-state index in [2.05, 4.69) is 0 Å². The van der Waals surface area contributed by atoms with Gasteiger partial charge >= 0.3 is 0 Å². The summed E-state index contributed by atoms with van der Waals surface area (Å²) < 4.78 is 11.0. The highest BCUT2D eigenvalue weighted by Gasteiger charge is 2.48. The molecule has 2 aliphatic heterocycles. The zero-order chi connectivity index (χ0) is 20.5. The number of furan rings is 1. The summed E-state index contributed by atoms with van der Waals surface area (Å²) in [5.74, 6) is -1.81. The second kappa shape index (κ2) is 7.51. The number of likely N-dealkylation sites (tertiary alicyclic amines) is 1. The number of benzene rings is 1. The Kier molecular flexibility index (Phi) is 4.89. The molecular weight excluding hydrogens is 380 g/mol. The molecule has 150 valence electrons. The van der Waals surface area contributed by atoms with Crippen LogP contribution in [0.5, 0.6) is 0 Å². The van der Waals surface area contributed by atoms with Gasteiger partial charge in [0.1, 0.15) is 17.6 Å². The lowest BCUT2D eigenvalue weighted by Gasteiger charge is -2.25. The third-order valence-corrected chi connectivity index (χ3v) is 5.11. The standard InChI is InChI=1S/C20H18N2O7/c23-18(12-4-1-5-13(10-12)22(26)27)16-17(15-7-3-9-29-15)21(20(25)19(16)24)11-14-6-2-8-28-14/h1,3-5,7,9-10,14,17,23H,2,6,8,11H2/b18-16-. The Morgan fingerprint density at radius 1 is 1.28 bits per heavy atom. The number of carbonyl (C=O) groups is 2. The fourth-order valence-electron chi connectivity index (χ4n) is 3.74. The molecule has 2 aliphatic rings. The topological polar surface area (TPSA) is 123 Å². The van der Waals surface area contributed by atoms with Gasteiger partial charge in [-0.2, -0.15) is 0 Å². The lowest BCUT2D eigenvalue weighted by atomic mass is 9.99. The van der Waals surface area contributed by atoms with Crippen LogP contribution in [0.1, 0.15) is 30.2 Å². The van der Waals surface area contributed by atoms with Crippen molar-refractivity contribution in [3.05, 3.63) is 69.7 Å². The Morgan fingerprint density at radius 2 is 2.10 bits per heavy atom.